The number of hydrogen-bond acceptors (Lipinski definition) is 3. The monoisotopic (exact) mass is 412 g/mol. The standard InChI is InChI=1S/C22H22ClFN4O/c23-20-4-2-1-3-17(20)14-28-21(11-12-25-28)26-22(29)15-27(19-9-10-19)13-16-5-7-18(24)8-6-16/h1-8,11-12,19H,9-10,13-15H2,(H,26,29). The number of nitrogens with zero attached hydrogens (tertiary/aromatic N) is 3. The van der Waals surface area contributed by atoms with Gasteiger partial charge < -0.3 is 5.32 Å². The van der Waals surface area contributed by atoms with Crippen LogP contribution in [0.2, 0.25) is 5.02 Å². The first-order chi connectivity index (χ1) is 14.1. The van der Waals surface area contributed by atoms with Gasteiger partial charge in [-0.3, -0.25) is 9.69 Å². The Morgan fingerprint density at radius 3 is 2.66 bits per heavy atom. The third-order valence-electron chi connectivity index (χ3n) is 4.97. The van der Waals surface area contributed by atoms with E-state index in [0.717, 1.165) is 24.0 Å². The lowest BCUT2D eigenvalue weighted by atomic mass is 10.2. The van der Waals surface area contributed by atoms with E-state index < -0.39 is 0 Å². The maximum atomic E-state index is 13.1. The molecule has 0 radical (unpaired) electrons. The Bertz CT molecular complexity index is 984. The summed E-state index contributed by atoms with van der Waals surface area (Å²) < 4.78 is 14.9. The third kappa shape index (κ3) is 5.22. The minimum atomic E-state index is -0.253. The van der Waals surface area contributed by atoms with E-state index in [1.807, 2.05) is 24.3 Å². The second kappa shape index (κ2) is 8.76. The van der Waals surface area contributed by atoms with Gasteiger partial charge in [-0.2, -0.15) is 5.10 Å². The number of rotatable bonds is 8. The van der Waals surface area contributed by atoms with E-state index in [2.05, 4.69) is 15.3 Å². The molecule has 29 heavy (non-hydrogen) atoms. The molecular formula is C22H22ClFN4O. The highest BCUT2D eigenvalue weighted by Gasteiger charge is 2.30. The second-order valence-electron chi connectivity index (χ2n) is 7.28. The average Bonchev–Trinajstić information content (AvgIpc) is 3.47. The molecule has 1 heterocycles. The normalized spacial score (nSPS) is 13.6. The second-order valence-corrected chi connectivity index (χ2v) is 7.68. The summed E-state index contributed by atoms with van der Waals surface area (Å²) in [4.78, 5) is 14.8. The van der Waals surface area contributed by atoms with Crippen LogP contribution >= 0.6 is 11.6 Å². The van der Waals surface area contributed by atoms with Gasteiger partial charge in [0.25, 0.3) is 0 Å². The Morgan fingerprint density at radius 1 is 1.17 bits per heavy atom. The summed E-state index contributed by atoms with van der Waals surface area (Å²) in [6.45, 7) is 1.38. The van der Waals surface area contributed by atoms with Crippen molar-refractivity contribution in [2.45, 2.75) is 32.0 Å². The van der Waals surface area contributed by atoms with Crippen LogP contribution in [0, 0.1) is 5.82 Å². The van der Waals surface area contributed by atoms with Crippen LogP contribution in [0.25, 0.3) is 0 Å². The number of anilines is 1. The fourth-order valence-corrected chi connectivity index (χ4v) is 3.49. The minimum Gasteiger partial charge on any atom is -0.310 e. The molecule has 0 aliphatic heterocycles. The minimum absolute atomic E-state index is 0.0973. The summed E-state index contributed by atoms with van der Waals surface area (Å²) in [6, 6.07) is 16.2. The van der Waals surface area contributed by atoms with Crippen LogP contribution in [0.4, 0.5) is 10.2 Å². The number of halogens is 2. The van der Waals surface area contributed by atoms with Crippen LogP contribution in [-0.2, 0) is 17.9 Å². The Morgan fingerprint density at radius 2 is 1.93 bits per heavy atom. The Hall–Kier alpha value is -2.70. The summed E-state index contributed by atoms with van der Waals surface area (Å²) in [5.41, 5.74) is 1.93. The Balaban J connectivity index is 1.39. The fraction of sp³-hybridized carbons (Fsp3) is 0.273. The molecule has 0 atom stereocenters. The molecule has 1 fully saturated rings. The quantitative estimate of drug-likeness (QED) is 0.599. The van der Waals surface area contributed by atoms with E-state index in [4.69, 9.17) is 11.6 Å². The van der Waals surface area contributed by atoms with Crippen molar-refractivity contribution in [3.05, 3.63) is 82.8 Å². The Kier molecular flexibility index (Phi) is 5.92. The topological polar surface area (TPSA) is 50.2 Å². The van der Waals surface area contributed by atoms with Crippen molar-refractivity contribution >= 4 is 23.3 Å². The smallest absolute Gasteiger partial charge is 0.239 e. The summed E-state index contributed by atoms with van der Waals surface area (Å²) >= 11 is 6.24. The van der Waals surface area contributed by atoms with Gasteiger partial charge in [-0.05, 0) is 42.2 Å². The molecule has 0 saturated heterocycles. The van der Waals surface area contributed by atoms with Gasteiger partial charge in [-0.1, -0.05) is 41.9 Å². The number of carbonyl (C=O) groups is 1. The molecule has 1 aliphatic rings. The van der Waals surface area contributed by atoms with E-state index >= 15 is 0 Å². The number of hydrogen-bond donors (Lipinski definition) is 1. The SMILES string of the molecule is O=C(CN(Cc1ccc(F)cc1)C1CC1)Nc1ccnn1Cc1ccccc1Cl. The number of carbonyl (C=O) groups excluding carboxylic acids is 1. The van der Waals surface area contributed by atoms with Gasteiger partial charge in [-0.15, -0.1) is 0 Å². The number of aromatic nitrogens is 2. The molecule has 1 amide bonds. The summed E-state index contributed by atoms with van der Waals surface area (Å²) in [5.74, 6) is 0.281. The third-order valence-corrected chi connectivity index (χ3v) is 5.34. The molecule has 7 heteroatoms. The molecule has 0 bridgehead atoms. The van der Waals surface area contributed by atoms with Gasteiger partial charge in [0.15, 0.2) is 0 Å². The molecule has 4 rings (SSSR count). The van der Waals surface area contributed by atoms with E-state index in [9.17, 15) is 9.18 Å². The molecule has 1 aliphatic carbocycles. The predicted molar refractivity (Wildman–Crippen MR) is 111 cm³/mol. The lowest BCUT2D eigenvalue weighted by molar-refractivity contribution is -0.117. The van der Waals surface area contributed by atoms with Crippen molar-refractivity contribution in [3.63, 3.8) is 0 Å². The van der Waals surface area contributed by atoms with Crippen molar-refractivity contribution in [3.8, 4) is 0 Å². The van der Waals surface area contributed by atoms with Crippen LogP contribution < -0.4 is 5.32 Å². The molecule has 3 aromatic rings. The Labute approximate surface area is 174 Å². The van der Waals surface area contributed by atoms with Crippen molar-refractivity contribution in [1.82, 2.24) is 14.7 Å². The molecule has 150 valence electrons. The van der Waals surface area contributed by atoms with Gasteiger partial charge in [-0.25, -0.2) is 9.07 Å². The van der Waals surface area contributed by atoms with E-state index in [-0.39, 0.29) is 18.3 Å². The molecule has 1 N–H and O–H groups in total. The van der Waals surface area contributed by atoms with Crippen molar-refractivity contribution in [2.75, 3.05) is 11.9 Å². The first-order valence-corrected chi connectivity index (χ1v) is 10.00. The highest BCUT2D eigenvalue weighted by molar-refractivity contribution is 6.31. The zero-order chi connectivity index (χ0) is 20.2. The molecule has 1 saturated carbocycles. The van der Waals surface area contributed by atoms with E-state index in [1.54, 1.807) is 29.1 Å². The number of nitrogens with one attached hydrogen (secondary N) is 1. The van der Waals surface area contributed by atoms with Gasteiger partial charge in [0.05, 0.1) is 19.3 Å². The van der Waals surface area contributed by atoms with Crippen molar-refractivity contribution in [1.29, 1.82) is 0 Å². The van der Waals surface area contributed by atoms with Gasteiger partial charge in [0, 0.05) is 23.7 Å². The highest BCUT2D eigenvalue weighted by atomic mass is 35.5. The van der Waals surface area contributed by atoms with Crippen LogP contribution in [0.3, 0.4) is 0 Å². The van der Waals surface area contributed by atoms with Gasteiger partial charge >= 0.3 is 0 Å². The molecular weight excluding hydrogens is 391 g/mol. The molecule has 5 nitrogen and oxygen atoms in total. The lowest BCUT2D eigenvalue weighted by Crippen LogP contribution is -2.35. The maximum Gasteiger partial charge on any atom is 0.239 e. The summed E-state index contributed by atoms with van der Waals surface area (Å²) in [7, 11) is 0. The van der Waals surface area contributed by atoms with E-state index in [0.29, 0.717) is 30.0 Å². The van der Waals surface area contributed by atoms with Gasteiger partial charge in [0.2, 0.25) is 5.91 Å². The van der Waals surface area contributed by atoms with Crippen LogP contribution in [0.1, 0.15) is 24.0 Å². The average molecular weight is 413 g/mol. The van der Waals surface area contributed by atoms with Crippen LogP contribution in [0.5, 0.6) is 0 Å². The maximum absolute atomic E-state index is 13.1. The van der Waals surface area contributed by atoms with E-state index in [1.165, 1.54) is 12.1 Å². The molecule has 1 aromatic heterocycles. The van der Waals surface area contributed by atoms with Crippen molar-refractivity contribution < 1.29 is 9.18 Å². The molecule has 0 unspecified atom stereocenters. The van der Waals surface area contributed by atoms with Crippen LogP contribution in [0.15, 0.2) is 60.8 Å². The first kappa shape index (κ1) is 19.6. The largest absolute Gasteiger partial charge is 0.310 e. The summed E-state index contributed by atoms with van der Waals surface area (Å²) in [6.07, 6.45) is 3.82. The number of benzene rings is 2. The zero-order valence-electron chi connectivity index (χ0n) is 15.9. The number of amides is 1. The van der Waals surface area contributed by atoms with Gasteiger partial charge in [0.1, 0.15) is 11.6 Å². The predicted octanol–water partition coefficient (Wildman–Crippen LogP) is 4.33. The van der Waals surface area contributed by atoms with Crippen molar-refractivity contribution in [2.24, 2.45) is 0 Å². The zero-order valence-corrected chi connectivity index (χ0v) is 16.6. The summed E-state index contributed by atoms with van der Waals surface area (Å²) in [5, 5.41) is 7.92. The van der Waals surface area contributed by atoms with Crippen LogP contribution in [-0.4, -0.2) is 33.2 Å². The molecule has 2 aromatic carbocycles. The first-order valence-electron chi connectivity index (χ1n) is 9.62. The molecule has 0 spiro atoms. The highest BCUT2D eigenvalue weighted by Crippen LogP contribution is 2.28. The lowest BCUT2D eigenvalue weighted by Gasteiger charge is -2.21. The fourth-order valence-electron chi connectivity index (χ4n) is 3.30.